The van der Waals surface area contributed by atoms with Gasteiger partial charge in [-0.05, 0) is 24.3 Å². The third-order valence-electron chi connectivity index (χ3n) is 3.12. The first-order chi connectivity index (χ1) is 10.5. The molecule has 3 aromatic rings. The molecule has 110 valence electrons. The van der Waals surface area contributed by atoms with Gasteiger partial charge in [-0.25, -0.2) is 0 Å². The van der Waals surface area contributed by atoms with Gasteiger partial charge in [0.05, 0.1) is 10.3 Å². The maximum Gasteiger partial charge on any atom is 0.304 e. The summed E-state index contributed by atoms with van der Waals surface area (Å²) in [6.45, 7) is 0. The fraction of sp³-hybridized carbons (Fsp3) is 0. The van der Waals surface area contributed by atoms with Gasteiger partial charge < -0.3 is 4.42 Å². The van der Waals surface area contributed by atoms with Gasteiger partial charge in [-0.3, -0.25) is 14.9 Å². The van der Waals surface area contributed by atoms with Crippen molar-refractivity contribution in [2.75, 3.05) is 0 Å². The lowest BCUT2D eigenvalue weighted by Gasteiger charge is -2.04. The molecule has 0 radical (unpaired) electrons. The van der Waals surface area contributed by atoms with Crippen LogP contribution in [0.4, 0.5) is 10.1 Å². The van der Waals surface area contributed by atoms with Gasteiger partial charge in [0, 0.05) is 28.8 Å². The predicted molar refractivity (Wildman–Crippen MR) is 79.5 cm³/mol. The molecular weight excluding hydrogens is 313 g/mol. The number of hydrogen-bond acceptors (Lipinski definition) is 4. The molecule has 0 amide bonds. The standard InChI is InChI=1S/C15H7ClFNO4/c16-9-2-3-10-13(19)7-14(22-15(10)6-9)8-1-4-12(18(20)21)11(17)5-8/h1-7H. The SMILES string of the molecule is O=c1cc(-c2ccc([N+](=O)[O-])c(F)c2)oc2cc(Cl)ccc12. The Morgan fingerprint density at radius 3 is 2.59 bits per heavy atom. The first-order valence-electron chi connectivity index (χ1n) is 6.13. The molecule has 0 bridgehead atoms. The Kier molecular flexibility index (Phi) is 3.38. The van der Waals surface area contributed by atoms with E-state index in [1.807, 2.05) is 0 Å². The number of rotatable bonds is 2. The number of halogens is 2. The number of hydrogen-bond donors (Lipinski definition) is 0. The summed E-state index contributed by atoms with van der Waals surface area (Å²) in [5.74, 6) is -0.898. The zero-order valence-electron chi connectivity index (χ0n) is 10.9. The number of nitro benzene ring substituents is 1. The smallest absolute Gasteiger partial charge is 0.304 e. The average Bonchev–Trinajstić information content (AvgIpc) is 2.46. The van der Waals surface area contributed by atoms with E-state index >= 15 is 0 Å². The molecule has 0 atom stereocenters. The molecule has 2 aromatic carbocycles. The Hall–Kier alpha value is -2.73. The summed E-state index contributed by atoms with van der Waals surface area (Å²) in [6, 6.07) is 9.06. The summed E-state index contributed by atoms with van der Waals surface area (Å²) < 4.78 is 19.2. The lowest BCUT2D eigenvalue weighted by atomic mass is 10.1. The van der Waals surface area contributed by atoms with Crippen LogP contribution in [0, 0.1) is 15.9 Å². The fourth-order valence-electron chi connectivity index (χ4n) is 2.08. The van der Waals surface area contributed by atoms with Crippen molar-refractivity contribution in [3.8, 4) is 11.3 Å². The van der Waals surface area contributed by atoms with Crippen molar-refractivity contribution < 1.29 is 13.7 Å². The van der Waals surface area contributed by atoms with E-state index in [0.717, 1.165) is 12.1 Å². The van der Waals surface area contributed by atoms with Crippen molar-refractivity contribution in [2.45, 2.75) is 0 Å². The molecule has 0 aliphatic rings. The minimum absolute atomic E-state index is 0.105. The first-order valence-corrected chi connectivity index (χ1v) is 6.51. The summed E-state index contributed by atoms with van der Waals surface area (Å²) in [4.78, 5) is 21.8. The number of benzene rings is 2. The van der Waals surface area contributed by atoms with Gasteiger partial charge in [0.2, 0.25) is 5.82 Å². The van der Waals surface area contributed by atoms with Crippen molar-refractivity contribution in [1.29, 1.82) is 0 Å². The Morgan fingerprint density at radius 1 is 1.14 bits per heavy atom. The second-order valence-electron chi connectivity index (χ2n) is 4.54. The Balaban J connectivity index is 2.20. The van der Waals surface area contributed by atoms with Crippen molar-refractivity contribution in [2.24, 2.45) is 0 Å². The van der Waals surface area contributed by atoms with Gasteiger partial charge in [-0.2, -0.15) is 4.39 Å². The van der Waals surface area contributed by atoms with E-state index in [1.165, 1.54) is 24.3 Å². The van der Waals surface area contributed by atoms with E-state index in [9.17, 15) is 19.3 Å². The maximum absolute atomic E-state index is 13.7. The molecule has 3 rings (SSSR count). The Bertz CT molecular complexity index is 967. The molecule has 0 fully saturated rings. The van der Waals surface area contributed by atoms with Crippen molar-refractivity contribution >= 4 is 28.3 Å². The van der Waals surface area contributed by atoms with Crippen LogP contribution < -0.4 is 5.43 Å². The van der Waals surface area contributed by atoms with E-state index in [2.05, 4.69) is 0 Å². The minimum atomic E-state index is -1.00. The van der Waals surface area contributed by atoms with Crippen LogP contribution in [0.3, 0.4) is 0 Å². The van der Waals surface area contributed by atoms with Gasteiger partial charge in [0.1, 0.15) is 11.3 Å². The summed E-state index contributed by atoms with van der Waals surface area (Å²) in [5.41, 5.74) is -0.475. The maximum atomic E-state index is 13.7. The highest BCUT2D eigenvalue weighted by atomic mass is 35.5. The molecule has 7 heteroatoms. The molecule has 0 spiro atoms. The van der Waals surface area contributed by atoms with Crippen LogP contribution in [-0.4, -0.2) is 4.92 Å². The van der Waals surface area contributed by atoms with Crippen LogP contribution in [0.25, 0.3) is 22.3 Å². The zero-order chi connectivity index (χ0) is 15.9. The van der Waals surface area contributed by atoms with E-state index in [-0.39, 0.29) is 22.3 Å². The van der Waals surface area contributed by atoms with Crippen LogP contribution in [0.2, 0.25) is 5.02 Å². The highest BCUT2D eigenvalue weighted by Gasteiger charge is 2.16. The monoisotopic (exact) mass is 319 g/mol. The van der Waals surface area contributed by atoms with Crippen LogP contribution in [0.15, 0.2) is 51.7 Å². The molecule has 1 heterocycles. The molecular formula is C15H7ClFNO4. The molecule has 5 nitrogen and oxygen atoms in total. The lowest BCUT2D eigenvalue weighted by Crippen LogP contribution is -2.00. The molecule has 0 aliphatic heterocycles. The molecule has 0 unspecified atom stereocenters. The van der Waals surface area contributed by atoms with Crippen molar-refractivity contribution in [3.05, 3.63) is 73.6 Å². The third-order valence-corrected chi connectivity index (χ3v) is 3.36. The number of fused-ring (bicyclic) bond motifs is 1. The van der Waals surface area contributed by atoms with Gasteiger partial charge in [-0.15, -0.1) is 0 Å². The summed E-state index contributed by atoms with van der Waals surface area (Å²) in [7, 11) is 0. The van der Waals surface area contributed by atoms with Crippen molar-refractivity contribution in [1.82, 2.24) is 0 Å². The molecule has 0 aliphatic carbocycles. The molecule has 1 aromatic heterocycles. The average molecular weight is 320 g/mol. The van der Waals surface area contributed by atoms with E-state index < -0.39 is 16.4 Å². The van der Waals surface area contributed by atoms with Gasteiger partial charge in [0.25, 0.3) is 0 Å². The second kappa shape index (κ2) is 5.23. The minimum Gasteiger partial charge on any atom is -0.456 e. The second-order valence-corrected chi connectivity index (χ2v) is 4.98. The quantitative estimate of drug-likeness (QED) is 0.525. The molecule has 22 heavy (non-hydrogen) atoms. The lowest BCUT2D eigenvalue weighted by molar-refractivity contribution is -0.387. The highest BCUT2D eigenvalue weighted by Crippen LogP contribution is 2.27. The van der Waals surface area contributed by atoms with E-state index in [1.54, 1.807) is 6.07 Å². The largest absolute Gasteiger partial charge is 0.456 e. The van der Waals surface area contributed by atoms with Gasteiger partial charge in [0.15, 0.2) is 5.43 Å². The predicted octanol–water partition coefficient (Wildman–Crippen LogP) is 4.16. The Morgan fingerprint density at radius 2 is 1.91 bits per heavy atom. The molecule has 0 saturated heterocycles. The molecule has 0 saturated carbocycles. The van der Waals surface area contributed by atoms with Crippen LogP contribution in [0.5, 0.6) is 0 Å². The van der Waals surface area contributed by atoms with Crippen LogP contribution >= 0.6 is 11.6 Å². The summed E-state index contributed by atoms with van der Waals surface area (Å²) >= 11 is 5.85. The van der Waals surface area contributed by atoms with Crippen LogP contribution in [-0.2, 0) is 0 Å². The van der Waals surface area contributed by atoms with Gasteiger partial charge in [-0.1, -0.05) is 11.6 Å². The van der Waals surface area contributed by atoms with E-state index in [0.29, 0.717) is 10.4 Å². The van der Waals surface area contributed by atoms with E-state index in [4.69, 9.17) is 16.0 Å². The van der Waals surface area contributed by atoms with Gasteiger partial charge >= 0.3 is 5.69 Å². The fourth-order valence-corrected chi connectivity index (χ4v) is 2.24. The molecule has 0 N–H and O–H groups in total. The summed E-state index contributed by atoms with van der Waals surface area (Å²) in [5, 5.41) is 11.3. The topological polar surface area (TPSA) is 73.3 Å². The van der Waals surface area contributed by atoms with Crippen LogP contribution in [0.1, 0.15) is 0 Å². The Labute approximate surface area is 127 Å². The number of nitro groups is 1. The summed E-state index contributed by atoms with van der Waals surface area (Å²) in [6.07, 6.45) is 0. The zero-order valence-corrected chi connectivity index (χ0v) is 11.6. The highest BCUT2D eigenvalue weighted by molar-refractivity contribution is 6.31. The third kappa shape index (κ3) is 2.44. The normalized spacial score (nSPS) is 10.8. The first kappa shape index (κ1) is 14.2. The number of nitrogens with zero attached hydrogens (tertiary/aromatic N) is 1. The van der Waals surface area contributed by atoms with Crippen molar-refractivity contribution in [3.63, 3.8) is 0 Å².